The highest BCUT2D eigenvalue weighted by atomic mass is 32.1. The standard InChI is InChI=1S/C14H18N2O3S/c17-12(16-8-14(19,9-16)11-1-2-11)3-5-15-13(18)10-4-6-20-7-10/h4,6-7,11,19H,1-3,5,8-9H2,(H,15,18). The minimum atomic E-state index is -0.629. The van der Waals surface area contributed by atoms with Gasteiger partial charge in [-0.2, -0.15) is 11.3 Å². The van der Waals surface area contributed by atoms with Crippen LogP contribution >= 0.6 is 11.3 Å². The smallest absolute Gasteiger partial charge is 0.252 e. The predicted molar refractivity (Wildman–Crippen MR) is 75.5 cm³/mol. The van der Waals surface area contributed by atoms with Crippen molar-refractivity contribution in [2.24, 2.45) is 5.92 Å². The molecule has 2 fully saturated rings. The van der Waals surface area contributed by atoms with E-state index in [-0.39, 0.29) is 18.2 Å². The van der Waals surface area contributed by atoms with Gasteiger partial charge < -0.3 is 15.3 Å². The Morgan fingerprint density at radius 1 is 1.45 bits per heavy atom. The zero-order valence-electron chi connectivity index (χ0n) is 11.2. The van der Waals surface area contributed by atoms with Gasteiger partial charge in [-0.15, -0.1) is 0 Å². The number of amides is 2. The van der Waals surface area contributed by atoms with Crippen molar-refractivity contribution < 1.29 is 14.7 Å². The van der Waals surface area contributed by atoms with Crippen LogP contribution in [0.4, 0.5) is 0 Å². The molecule has 1 saturated carbocycles. The molecule has 0 radical (unpaired) electrons. The van der Waals surface area contributed by atoms with Crippen molar-refractivity contribution in [1.82, 2.24) is 10.2 Å². The van der Waals surface area contributed by atoms with Gasteiger partial charge in [0.25, 0.3) is 5.91 Å². The molecular weight excluding hydrogens is 276 g/mol. The van der Waals surface area contributed by atoms with Crippen molar-refractivity contribution >= 4 is 23.2 Å². The van der Waals surface area contributed by atoms with E-state index in [1.54, 1.807) is 16.3 Å². The van der Waals surface area contributed by atoms with Crippen molar-refractivity contribution in [3.8, 4) is 0 Å². The molecule has 1 saturated heterocycles. The number of aliphatic hydroxyl groups is 1. The molecule has 0 aromatic carbocycles. The third kappa shape index (κ3) is 2.71. The van der Waals surface area contributed by atoms with Crippen molar-refractivity contribution in [3.05, 3.63) is 22.4 Å². The van der Waals surface area contributed by atoms with Crippen molar-refractivity contribution in [3.63, 3.8) is 0 Å². The third-order valence-electron chi connectivity index (χ3n) is 4.03. The summed E-state index contributed by atoms with van der Waals surface area (Å²) in [7, 11) is 0. The highest BCUT2D eigenvalue weighted by Gasteiger charge is 2.52. The van der Waals surface area contributed by atoms with Gasteiger partial charge in [-0.25, -0.2) is 0 Å². The zero-order chi connectivity index (χ0) is 14.2. The van der Waals surface area contributed by atoms with Gasteiger partial charge in [0, 0.05) is 23.9 Å². The van der Waals surface area contributed by atoms with E-state index < -0.39 is 5.60 Å². The molecule has 0 spiro atoms. The number of likely N-dealkylation sites (tertiary alicyclic amines) is 1. The average molecular weight is 294 g/mol. The second-order valence-electron chi connectivity index (χ2n) is 5.65. The molecule has 6 heteroatoms. The molecule has 2 amide bonds. The molecule has 2 aliphatic rings. The first kappa shape index (κ1) is 13.6. The van der Waals surface area contributed by atoms with Crippen molar-refractivity contribution in [2.75, 3.05) is 19.6 Å². The molecule has 1 aromatic rings. The summed E-state index contributed by atoms with van der Waals surface area (Å²) in [5.41, 5.74) is 0.00442. The fraction of sp³-hybridized carbons (Fsp3) is 0.571. The normalized spacial score (nSPS) is 20.4. The SMILES string of the molecule is O=C(NCCC(=O)N1CC(O)(C2CC2)C1)c1ccsc1. The minimum Gasteiger partial charge on any atom is -0.386 e. The Kier molecular flexibility index (Phi) is 3.52. The number of rotatable bonds is 5. The fourth-order valence-electron chi connectivity index (χ4n) is 2.61. The number of hydrogen-bond acceptors (Lipinski definition) is 4. The Morgan fingerprint density at radius 3 is 2.80 bits per heavy atom. The van der Waals surface area contributed by atoms with E-state index in [4.69, 9.17) is 0 Å². The van der Waals surface area contributed by atoms with Crippen LogP contribution in [0.15, 0.2) is 16.8 Å². The summed E-state index contributed by atoms with van der Waals surface area (Å²) < 4.78 is 0. The van der Waals surface area contributed by atoms with Crippen molar-refractivity contribution in [1.29, 1.82) is 0 Å². The van der Waals surface area contributed by atoms with Crippen molar-refractivity contribution in [2.45, 2.75) is 24.9 Å². The molecule has 0 unspecified atom stereocenters. The Hall–Kier alpha value is -1.40. The Labute approximate surface area is 121 Å². The molecule has 2 N–H and O–H groups in total. The molecule has 0 bridgehead atoms. The van der Waals surface area contributed by atoms with Gasteiger partial charge in [0.05, 0.1) is 13.1 Å². The number of carbonyl (C=O) groups is 2. The van der Waals surface area contributed by atoms with E-state index in [1.807, 2.05) is 5.38 Å². The van der Waals surface area contributed by atoms with Crippen LogP contribution in [0.3, 0.4) is 0 Å². The zero-order valence-corrected chi connectivity index (χ0v) is 12.0. The molecule has 20 heavy (non-hydrogen) atoms. The van der Waals surface area contributed by atoms with E-state index in [9.17, 15) is 14.7 Å². The van der Waals surface area contributed by atoms with Gasteiger partial charge in [-0.05, 0) is 30.2 Å². The highest BCUT2D eigenvalue weighted by Crippen LogP contribution is 2.44. The molecular formula is C14H18N2O3S. The maximum atomic E-state index is 11.9. The lowest BCUT2D eigenvalue weighted by Gasteiger charge is -2.47. The largest absolute Gasteiger partial charge is 0.386 e. The number of thiophene rings is 1. The lowest BCUT2D eigenvalue weighted by molar-refractivity contribution is -0.159. The van der Waals surface area contributed by atoms with Gasteiger partial charge >= 0.3 is 0 Å². The summed E-state index contributed by atoms with van der Waals surface area (Å²) in [6, 6.07) is 1.76. The molecule has 0 atom stereocenters. The number of nitrogens with one attached hydrogen (secondary N) is 1. The highest BCUT2D eigenvalue weighted by molar-refractivity contribution is 7.08. The van der Waals surface area contributed by atoms with Crippen LogP contribution in [0.2, 0.25) is 0 Å². The van der Waals surface area contributed by atoms with E-state index >= 15 is 0 Å². The summed E-state index contributed by atoms with van der Waals surface area (Å²) >= 11 is 1.47. The first-order valence-electron chi connectivity index (χ1n) is 6.89. The average Bonchev–Trinajstić information content (AvgIpc) is 3.10. The van der Waals surface area contributed by atoms with Gasteiger partial charge in [0.15, 0.2) is 0 Å². The summed E-state index contributed by atoms with van der Waals surface area (Å²) in [5.74, 6) is 0.253. The first-order valence-corrected chi connectivity index (χ1v) is 7.83. The summed E-state index contributed by atoms with van der Waals surface area (Å²) in [6.07, 6.45) is 2.45. The molecule has 1 aliphatic heterocycles. The monoisotopic (exact) mass is 294 g/mol. The first-order chi connectivity index (χ1) is 9.58. The van der Waals surface area contributed by atoms with E-state index in [0.29, 0.717) is 31.1 Å². The molecule has 5 nitrogen and oxygen atoms in total. The number of carbonyl (C=O) groups excluding carboxylic acids is 2. The second-order valence-corrected chi connectivity index (χ2v) is 6.43. The van der Waals surface area contributed by atoms with Crippen LogP contribution in [-0.4, -0.2) is 47.1 Å². The second kappa shape index (κ2) is 5.18. The third-order valence-corrected chi connectivity index (χ3v) is 4.71. The van der Waals surface area contributed by atoms with Crippen LogP contribution in [0.1, 0.15) is 29.6 Å². The summed E-state index contributed by atoms with van der Waals surface area (Å²) in [5, 5.41) is 16.5. The minimum absolute atomic E-state index is 0.000874. The Morgan fingerprint density at radius 2 is 2.20 bits per heavy atom. The molecule has 1 aliphatic carbocycles. The van der Waals surface area contributed by atoms with E-state index in [0.717, 1.165) is 12.8 Å². The Bertz CT molecular complexity index is 504. The lowest BCUT2D eigenvalue weighted by Crippen LogP contribution is -2.64. The molecule has 3 rings (SSSR count). The van der Waals surface area contributed by atoms with Crippen LogP contribution in [0.25, 0.3) is 0 Å². The van der Waals surface area contributed by atoms with Gasteiger partial charge in [-0.1, -0.05) is 0 Å². The Balaban J connectivity index is 1.37. The predicted octanol–water partition coefficient (Wildman–Crippen LogP) is 0.851. The topological polar surface area (TPSA) is 69.6 Å². The van der Waals surface area contributed by atoms with E-state index in [1.165, 1.54) is 11.3 Å². The van der Waals surface area contributed by atoms with Crippen LogP contribution in [0.5, 0.6) is 0 Å². The number of hydrogen-bond donors (Lipinski definition) is 2. The van der Waals surface area contributed by atoms with Gasteiger partial charge in [-0.3, -0.25) is 9.59 Å². The maximum absolute atomic E-state index is 11.9. The van der Waals surface area contributed by atoms with Crippen LogP contribution in [0, 0.1) is 5.92 Å². The van der Waals surface area contributed by atoms with Crippen LogP contribution < -0.4 is 5.32 Å². The maximum Gasteiger partial charge on any atom is 0.252 e. The molecule has 2 heterocycles. The molecule has 108 valence electrons. The summed E-state index contributed by atoms with van der Waals surface area (Å²) in [6.45, 7) is 1.25. The van der Waals surface area contributed by atoms with E-state index in [2.05, 4.69) is 5.32 Å². The number of β-amino-alcohol motifs (C(OH)–C–C–N with tert-alkyl or cyclic N) is 1. The van der Waals surface area contributed by atoms with Gasteiger partial charge in [0.2, 0.25) is 5.91 Å². The van der Waals surface area contributed by atoms with Gasteiger partial charge in [0.1, 0.15) is 5.60 Å². The number of nitrogens with zero attached hydrogens (tertiary/aromatic N) is 1. The quantitative estimate of drug-likeness (QED) is 0.846. The van der Waals surface area contributed by atoms with Crippen LogP contribution in [-0.2, 0) is 4.79 Å². The lowest BCUT2D eigenvalue weighted by atomic mass is 9.88. The summed E-state index contributed by atoms with van der Waals surface area (Å²) in [4.78, 5) is 25.2. The molecule has 1 aromatic heterocycles. The fourth-order valence-corrected chi connectivity index (χ4v) is 3.24.